The summed E-state index contributed by atoms with van der Waals surface area (Å²) in [6.45, 7) is 3.91. The molecular weight excluding hydrogens is 443 g/mol. The fourth-order valence-corrected chi connectivity index (χ4v) is 5.76. The minimum absolute atomic E-state index is 0.0891. The number of halogens is 3. The predicted octanol–water partition coefficient (Wildman–Crippen LogP) is 3.62. The van der Waals surface area contributed by atoms with E-state index in [1.807, 2.05) is 18.2 Å². The summed E-state index contributed by atoms with van der Waals surface area (Å²) in [5, 5.41) is 4.06. The van der Waals surface area contributed by atoms with Crippen molar-refractivity contribution in [2.75, 3.05) is 31.1 Å². The number of pyridine rings is 1. The van der Waals surface area contributed by atoms with Gasteiger partial charge in [0.1, 0.15) is 5.75 Å². The van der Waals surface area contributed by atoms with Gasteiger partial charge in [-0.15, -0.1) is 13.2 Å². The Morgan fingerprint density at radius 2 is 1.75 bits per heavy atom. The third-order valence-corrected chi connectivity index (χ3v) is 7.77. The number of fused-ring (bicyclic) bond motifs is 2. The molecule has 6 nitrogen and oxygen atoms in total. The molecule has 0 bridgehead atoms. The van der Waals surface area contributed by atoms with Crippen molar-refractivity contribution in [3.8, 4) is 5.75 Å². The Morgan fingerprint density at radius 3 is 2.47 bits per heavy atom. The summed E-state index contributed by atoms with van der Waals surface area (Å²) >= 11 is 0. The van der Waals surface area contributed by atoms with Crippen LogP contribution in [0.4, 0.5) is 18.9 Å². The lowest BCUT2D eigenvalue weighted by Gasteiger charge is -2.20. The second-order valence-electron chi connectivity index (χ2n) is 8.16. The van der Waals surface area contributed by atoms with Gasteiger partial charge in [-0.05, 0) is 54.3 Å². The molecule has 2 atom stereocenters. The Bertz CT molecular complexity index is 1270. The van der Waals surface area contributed by atoms with E-state index in [0.717, 1.165) is 44.0 Å². The number of sulfone groups is 1. The zero-order valence-electron chi connectivity index (χ0n) is 16.8. The summed E-state index contributed by atoms with van der Waals surface area (Å²) in [5.41, 5.74) is 1.65. The lowest BCUT2D eigenvalue weighted by Crippen LogP contribution is -2.25. The molecule has 5 rings (SSSR count). The molecule has 3 aromatic rings. The first-order valence-electron chi connectivity index (χ1n) is 10.2. The first-order valence-corrected chi connectivity index (χ1v) is 11.6. The van der Waals surface area contributed by atoms with Gasteiger partial charge >= 0.3 is 6.36 Å². The number of hydrogen-bond acceptors (Lipinski definition) is 6. The van der Waals surface area contributed by atoms with E-state index >= 15 is 0 Å². The lowest BCUT2D eigenvalue weighted by atomic mass is 10.0. The smallest absolute Gasteiger partial charge is 0.406 e. The Kier molecular flexibility index (Phi) is 5.01. The van der Waals surface area contributed by atoms with Crippen molar-refractivity contribution in [3.63, 3.8) is 0 Å². The van der Waals surface area contributed by atoms with Gasteiger partial charge in [-0.25, -0.2) is 8.42 Å². The second kappa shape index (κ2) is 7.63. The van der Waals surface area contributed by atoms with E-state index in [1.54, 1.807) is 0 Å². The highest BCUT2D eigenvalue weighted by Crippen LogP contribution is 2.33. The van der Waals surface area contributed by atoms with E-state index in [2.05, 4.69) is 19.9 Å². The molecule has 2 unspecified atom stereocenters. The zero-order valence-corrected chi connectivity index (χ0v) is 17.7. The van der Waals surface area contributed by atoms with Gasteiger partial charge < -0.3 is 15.0 Å². The molecule has 2 aromatic carbocycles. The Balaban J connectivity index is 1.47. The minimum atomic E-state index is -4.91. The number of nitrogens with zero attached hydrogens (tertiary/aromatic N) is 2. The van der Waals surface area contributed by atoms with Gasteiger partial charge in [0.25, 0.3) is 0 Å². The van der Waals surface area contributed by atoms with Gasteiger partial charge in [-0.3, -0.25) is 4.98 Å². The van der Waals surface area contributed by atoms with Crippen LogP contribution in [-0.4, -0.2) is 45.9 Å². The molecule has 2 aliphatic rings. The quantitative estimate of drug-likeness (QED) is 0.637. The summed E-state index contributed by atoms with van der Waals surface area (Å²) in [5.74, 6) is 0.632. The predicted molar refractivity (Wildman–Crippen MR) is 112 cm³/mol. The van der Waals surface area contributed by atoms with Crippen molar-refractivity contribution in [2.24, 2.45) is 11.8 Å². The number of rotatable bonds is 4. The van der Waals surface area contributed by atoms with Crippen LogP contribution in [0, 0.1) is 11.8 Å². The van der Waals surface area contributed by atoms with Crippen LogP contribution in [0.25, 0.3) is 10.9 Å². The fraction of sp³-hybridized carbons (Fsp3) is 0.318. The average Bonchev–Trinajstić information content (AvgIpc) is 3.34. The summed E-state index contributed by atoms with van der Waals surface area (Å²) < 4.78 is 67.6. The van der Waals surface area contributed by atoms with E-state index in [-0.39, 0.29) is 9.79 Å². The van der Waals surface area contributed by atoms with Gasteiger partial charge in [0, 0.05) is 43.4 Å². The molecule has 0 amide bonds. The molecule has 0 spiro atoms. The molecule has 0 radical (unpaired) electrons. The summed E-state index contributed by atoms with van der Waals surface area (Å²) in [4.78, 5) is 6.18. The summed E-state index contributed by atoms with van der Waals surface area (Å²) in [6, 6.07) is 11.6. The van der Waals surface area contributed by atoms with E-state index in [0.29, 0.717) is 22.7 Å². The van der Waals surface area contributed by atoms with Gasteiger partial charge in [0.15, 0.2) is 0 Å². The van der Waals surface area contributed by atoms with E-state index in [4.69, 9.17) is 0 Å². The zero-order chi connectivity index (χ0) is 22.5. The van der Waals surface area contributed by atoms with Gasteiger partial charge in [-0.1, -0.05) is 6.07 Å². The largest absolute Gasteiger partial charge is 0.573 e. The maximum Gasteiger partial charge on any atom is 0.573 e. The molecule has 2 saturated heterocycles. The second-order valence-corrected chi connectivity index (χ2v) is 10.1. The molecule has 10 heteroatoms. The maximum atomic E-state index is 13.1. The molecular formula is C22H20F3N3O3S. The van der Waals surface area contributed by atoms with Crippen LogP contribution in [-0.2, 0) is 9.84 Å². The molecule has 168 valence electrons. The number of aromatic nitrogens is 1. The molecule has 0 saturated carbocycles. The first-order chi connectivity index (χ1) is 15.2. The van der Waals surface area contributed by atoms with Crippen LogP contribution in [0.1, 0.15) is 0 Å². The Labute approximate surface area is 182 Å². The van der Waals surface area contributed by atoms with Crippen LogP contribution < -0.4 is 15.0 Å². The van der Waals surface area contributed by atoms with Crippen LogP contribution >= 0.6 is 0 Å². The summed E-state index contributed by atoms with van der Waals surface area (Å²) in [6.07, 6.45) is -3.69. The van der Waals surface area contributed by atoms with Crippen molar-refractivity contribution in [1.82, 2.24) is 10.3 Å². The normalized spacial score (nSPS) is 21.2. The van der Waals surface area contributed by atoms with Crippen molar-refractivity contribution in [3.05, 3.63) is 54.7 Å². The molecule has 1 aromatic heterocycles. The van der Waals surface area contributed by atoms with E-state index in [1.165, 1.54) is 24.4 Å². The number of anilines is 1. The topological polar surface area (TPSA) is 71.5 Å². The number of alkyl halides is 3. The van der Waals surface area contributed by atoms with Crippen LogP contribution in [0.5, 0.6) is 5.75 Å². The highest BCUT2D eigenvalue weighted by Gasteiger charge is 2.36. The molecule has 2 fully saturated rings. The average molecular weight is 463 g/mol. The SMILES string of the molecule is O=S(=O)(c1cccc(OC(F)(F)F)c1)c1cnc2ccc(N3CC4CNCC4C3)cc2c1. The van der Waals surface area contributed by atoms with Crippen LogP contribution in [0.15, 0.2) is 64.5 Å². The molecule has 1 N–H and O–H groups in total. The molecule has 0 aliphatic carbocycles. The van der Waals surface area contributed by atoms with Crippen LogP contribution in [0.2, 0.25) is 0 Å². The third kappa shape index (κ3) is 4.00. The van der Waals surface area contributed by atoms with E-state index in [9.17, 15) is 21.6 Å². The van der Waals surface area contributed by atoms with Crippen molar-refractivity contribution < 1.29 is 26.3 Å². The number of ether oxygens (including phenoxy) is 1. The fourth-order valence-electron chi connectivity index (χ4n) is 4.48. The van der Waals surface area contributed by atoms with Crippen molar-refractivity contribution in [1.29, 1.82) is 0 Å². The molecule has 2 aliphatic heterocycles. The first kappa shape index (κ1) is 21.0. The van der Waals surface area contributed by atoms with Crippen molar-refractivity contribution >= 4 is 26.4 Å². The molecule has 32 heavy (non-hydrogen) atoms. The number of nitrogens with one attached hydrogen (secondary N) is 1. The monoisotopic (exact) mass is 463 g/mol. The Morgan fingerprint density at radius 1 is 1.00 bits per heavy atom. The lowest BCUT2D eigenvalue weighted by molar-refractivity contribution is -0.274. The van der Waals surface area contributed by atoms with Gasteiger partial charge in [-0.2, -0.15) is 0 Å². The standard InChI is InChI=1S/C22H20F3N3O3S/c23-22(24,25)31-18-2-1-3-19(8-18)32(29,30)20-7-14-6-17(4-5-21(14)27-11-20)28-12-15-9-26-10-16(15)13-28/h1-8,11,15-16,26H,9-10,12-13H2. The summed E-state index contributed by atoms with van der Waals surface area (Å²) in [7, 11) is -4.08. The maximum absolute atomic E-state index is 13.1. The molecule has 3 heterocycles. The highest BCUT2D eigenvalue weighted by molar-refractivity contribution is 7.91. The third-order valence-electron chi connectivity index (χ3n) is 6.05. The van der Waals surface area contributed by atoms with Gasteiger partial charge in [0.2, 0.25) is 9.84 Å². The number of benzene rings is 2. The Hall–Kier alpha value is -2.85. The van der Waals surface area contributed by atoms with Crippen LogP contribution in [0.3, 0.4) is 0 Å². The minimum Gasteiger partial charge on any atom is -0.406 e. The number of hydrogen-bond donors (Lipinski definition) is 1. The highest BCUT2D eigenvalue weighted by atomic mass is 32.2. The van der Waals surface area contributed by atoms with E-state index < -0.39 is 21.9 Å². The van der Waals surface area contributed by atoms with Crippen molar-refractivity contribution in [2.45, 2.75) is 16.2 Å². The van der Waals surface area contributed by atoms with Gasteiger partial charge in [0.05, 0.1) is 15.3 Å².